The number of sulfonamides is 1. The lowest BCUT2D eigenvalue weighted by Crippen LogP contribution is -2.36. The first kappa shape index (κ1) is 18.6. The molecule has 0 spiro atoms. The number of anilines is 1. The Labute approximate surface area is 160 Å². The van der Waals surface area contributed by atoms with E-state index >= 15 is 0 Å². The van der Waals surface area contributed by atoms with E-state index < -0.39 is 22.5 Å². The van der Waals surface area contributed by atoms with Crippen LogP contribution < -0.4 is 4.31 Å². The number of nitrogens with zero attached hydrogens (tertiary/aromatic N) is 1. The van der Waals surface area contributed by atoms with Crippen LogP contribution in [0.25, 0.3) is 10.9 Å². The molecule has 0 bridgehead atoms. The number of carbonyl (C=O) groups is 1. The molecule has 0 saturated heterocycles. The summed E-state index contributed by atoms with van der Waals surface area (Å²) in [4.78, 5) is 14.2. The van der Waals surface area contributed by atoms with Crippen LogP contribution in [0, 0.1) is 6.92 Å². The number of rotatable bonds is 5. The molecule has 2 aromatic carbocycles. The van der Waals surface area contributed by atoms with Gasteiger partial charge in [0, 0.05) is 27.1 Å². The Morgan fingerprint density at radius 2 is 1.81 bits per heavy atom. The van der Waals surface area contributed by atoms with E-state index in [0.717, 1.165) is 15.2 Å². The van der Waals surface area contributed by atoms with Crippen molar-refractivity contribution < 1.29 is 18.3 Å². The molecule has 0 aliphatic carbocycles. The number of aryl methyl sites for hydroxylation is 1. The SMILES string of the molecule is Cc1cc2[nH]ccc2cc1N(CC(=O)O)S(=O)(=O)c1cc(Cl)cc(Cl)c1. The second-order valence-electron chi connectivity index (χ2n) is 5.71. The molecule has 0 radical (unpaired) electrons. The second-order valence-corrected chi connectivity index (χ2v) is 8.45. The third-order valence-corrected chi connectivity index (χ3v) is 6.02. The largest absolute Gasteiger partial charge is 0.480 e. The van der Waals surface area contributed by atoms with Crippen molar-refractivity contribution in [2.75, 3.05) is 10.8 Å². The highest BCUT2D eigenvalue weighted by Gasteiger charge is 2.29. The molecule has 0 unspecified atom stereocenters. The number of carboxylic acids is 1. The fourth-order valence-electron chi connectivity index (χ4n) is 2.69. The molecule has 1 aromatic heterocycles. The van der Waals surface area contributed by atoms with Crippen molar-refractivity contribution in [1.29, 1.82) is 0 Å². The summed E-state index contributed by atoms with van der Waals surface area (Å²) in [7, 11) is -4.20. The topological polar surface area (TPSA) is 90.5 Å². The smallest absolute Gasteiger partial charge is 0.324 e. The Hall–Kier alpha value is -2.22. The van der Waals surface area contributed by atoms with E-state index in [1.165, 1.54) is 18.2 Å². The van der Waals surface area contributed by atoms with Crippen LogP contribution in [0.15, 0.2) is 47.5 Å². The molecule has 6 nitrogen and oxygen atoms in total. The van der Waals surface area contributed by atoms with Crippen molar-refractivity contribution >= 4 is 55.8 Å². The number of halogens is 2. The van der Waals surface area contributed by atoms with Crippen LogP contribution in [0.4, 0.5) is 5.69 Å². The Kier molecular flexibility index (Phi) is 4.88. The van der Waals surface area contributed by atoms with E-state index in [1.54, 1.807) is 31.3 Å². The number of benzene rings is 2. The molecule has 2 N–H and O–H groups in total. The summed E-state index contributed by atoms with van der Waals surface area (Å²) in [5, 5.41) is 10.3. The fourth-order valence-corrected chi connectivity index (χ4v) is 4.89. The lowest BCUT2D eigenvalue weighted by Gasteiger charge is -2.24. The molecular formula is C17H14Cl2N2O4S. The van der Waals surface area contributed by atoms with E-state index in [2.05, 4.69) is 4.98 Å². The van der Waals surface area contributed by atoms with Crippen molar-refractivity contribution in [3.8, 4) is 0 Å². The molecule has 0 saturated carbocycles. The highest BCUT2D eigenvalue weighted by Crippen LogP contribution is 2.32. The monoisotopic (exact) mass is 412 g/mol. The van der Waals surface area contributed by atoms with Gasteiger partial charge in [0.05, 0.1) is 10.6 Å². The molecule has 0 aliphatic heterocycles. The summed E-state index contributed by atoms with van der Waals surface area (Å²) < 4.78 is 27.1. The molecule has 0 fully saturated rings. The molecule has 9 heteroatoms. The third-order valence-electron chi connectivity index (χ3n) is 3.84. The fraction of sp³-hybridized carbons (Fsp3) is 0.118. The minimum Gasteiger partial charge on any atom is -0.480 e. The summed E-state index contributed by atoms with van der Waals surface area (Å²) in [6, 6.07) is 9.05. The predicted octanol–water partition coefficient (Wildman–Crippen LogP) is 4.06. The van der Waals surface area contributed by atoms with Crippen LogP contribution in [-0.4, -0.2) is 31.0 Å². The first-order chi connectivity index (χ1) is 12.2. The summed E-state index contributed by atoms with van der Waals surface area (Å²) in [5.41, 5.74) is 1.71. The van der Waals surface area contributed by atoms with Crippen LogP contribution in [0.1, 0.15) is 5.56 Å². The van der Waals surface area contributed by atoms with E-state index in [1.807, 2.05) is 0 Å². The molecule has 0 amide bonds. The van der Waals surface area contributed by atoms with Gasteiger partial charge in [0.1, 0.15) is 6.54 Å². The average Bonchev–Trinajstić information content (AvgIpc) is 2.97. The van der Waals surface area contributed by atoms with Gasteiger partial charge in [0.25, 0.3) is 10.0 Å². The molecule has 136 valence electrons. The summed E-state index contributed by atoms with van der Waals surface area (Å²) in [6.07, 6.45) is 1.72. The van der Waals surface area contributed by atoms with Crippen LogP contribution in [0.3, 0.4) is 0 Å². The minimum atomic E-state index is -4.20. The van der Waals surface area contributed by atoms with Gasteiger partial charge in [-0.25, -0.2) is 8.42 Å². The van der Waals surface area contributed by atoms with Crippen molar-refractivity contribution in [2.24, 2.45) is 0 Å². The van der Waals surface area contributed by atoms with Crippen molar-refractivity contribution in [3.63, 3.8) is 0 Å². The van der Waals surface area contributed by atoms with Gasteiger partial charge in [0.2, 0.25) is 0 Å². The molecule has 3 aromatic rings. The molecule has 0 atom stereocenters. The number of aromatic amines is 1. The number of carboxylic acid groups (broad SMARTS) is 1. The maximum Gasteiger partial charge on any atom is 0.324 e. The molecule has 0 aliphatic rings. The number of aliphatic carboxylic acids is 1. The maximum absolute atomic E-state index is 13.1. The number of H-pyrrole nitrogens is 1. The lowest BCUT2D eigenvalue weighted by atomic mass is 10.1. The summed E-state index contributed by atoms with van der Waals surface area (Å²) >= 11 is 11.8. The third kappa shape index (κ3) is 3.51. The number of aromatic nitrogens is 1. The standard InChI is InChI=1S/C17H14Cl2N2O4S/c1-10-4-15-11(2-3-20-15)5-16(10)21(9-17(22)23)26(24,25)14-7-12(18)6-13(19)8-14/h2-8,20H,9H2,1H3,(H,22,23). The Morgan fingerprint density at radius 3 is 2.42 bits per heavy atom. The van der Waals surface area contributed by atoms with Gasteiger partial charge in [-0.05, 0) is 48.9 Å². The zero-order chi connectivity index (χ0) is 19.1. The van der Waals surface area contributed by atoms with E-state index in [9.17, 15) is 18.3 Å². The second kappa shape index (κ2) is 6.83. The van der Waals surface area contributed by atoms with E-state index in [0.29, 0.717) is 5.56 Å². The number of nitrogens with one attached hydrogen (secondary N) is 1. The van der Waals surface area contributed by atoms with Gasteiger partial charge in [-0.1, -0.05) is 23.2 Å². The molecule has 26 heavy (non-hydrogen) atoms. The summed E-state index contributed by atoms with van der Waals surface area (Å²) in [5.74, 6) is -1.28. The van der Waals surface area contributed by atoms with Gasteiger partial charge in [-0.2, -0.15) is 0 Å². The quantitative estimate of drug-likeness (QED) is 0.660. The van der Waals surface area contributed by atoms with Crippen LogP contribution in [0.2, 0.25) is 10.0 Å². The number of hydrogen-bond acceptors (Lipinski definition) is 3. The predicted molar refractivity (Wildman–Crippen MR) is 102 cm³/mol. The average molecular weight is 413 g/mol. The first-order valence-electron chi connectivity index (χ1n) is 7.47. The summed E-state index contributed by atoms with van der Waals surface area (Å²) in [6.45, 7) is 0.980. The highest BCUT2D eigenvalue weighted by atomic mass is 35.5. The zero-order valence-electron chi connectivity index (χ0n) is 13.5. The number of hydrogen-bond donors (Lipinski definition) is 2. The van der Waals surface area contributed by atoms with Crippen LogP contribution in [0.5, 0.6) is 0 Å². The van der Waals surface area contributed by atoms with E-state index in [-0.39, 0.29) is 20.6 Å². The van der Waals surface area contributed by atoms with Gasteiger partial charge in [0.15, 0.2) is 0 Å². The normalized spacial score (nSPS) is 11.7. The highest BCUT2D eigenvalue weighted by molar-refractivity contribution is 7.92. The van der Waals surface area contributed by atoms with Gasteiger partial charge in [-0.3, -0.25) is 9.10 Å². The Balaban J connectivity index is 2.21. The maximum atomic E-state index is 13.1. The number of fused-ring (bicyclic) bond motifs is 1. The van der Waals surface area contributed by atoms with Gasteiger partial charge in [-0.15, -0.1) is 0 Å². The molecule has 1 heterocycles. The van der Waals surface area contributed by atoms with Gasteiger partial charge >= 0.3 is 5.97 Å². The van der Waals surface area contributed by atoms with Crippen LogP contribution >= 0.6 is 23.2 Å². The van der Waals surface area contributed by atoms with E-state index in [4.69, 9.17) is 23.2 Å². The lowest BCUT2D eigenvalue weighted by molar-refractivity contribution is -0.135. The molecular weight excluding hydrogens is 399 g/mol. The van der Waals surface area contributed by atoms with Crippen molar-refractivity contribution in [3.05, 3.63) is 58.2 Å². The minimum absolute atomic E-state index is 0.143. The Morgan fingerprint density at radius 1 is 1.15 bits per heavy atom. The zero-order valence-corrected chi connectivity index (χ0v) is 15.9. The Bertz CT molecular complexity index is 1090. The molecule has 3 rings (SSSR count). The first-order valence-corrected chi connectivity index (χ1v) is 9.66. The van der Waals surface area contributed by atoms with Crippen LogP contribution in [-0.2, 0) is 14.8 Å². The van der Waals surface area contributed by atoms with Crippen molar-refractivity contribution in [1.82, 2.24) is 4.98 Å². The van der Waals surface area contributed by atoms with Crippen molar-refractivity contribution in [2.45, 2.75) is 11.8 Å². The van der Waals surface area contributed by atoms with Gasteiger partial charge < -0.3 is 10.1 Å².